The minimum Gasteiger partial charge on any atom is -0.480 e. The molecule has 4 saturated carbocycles. The van der Waals surface area contributed by atoms with E-state index in [9.17, 15) is 24.9 Å². The molecule has 0 aliphatic heterocycles. The second-order valence-corrected chi connectivity index (χ2v) is 13.1. The Kier molecular flexibility index (Phi) is 7.89. The highest BCUT2D eigenvalue weighted by Gasteiger charge is 2.65. The first kappa shape index (κ1) is 27.2. The normalized spacial score (nSPS) is 46.6. The maximum Gasteiger partial charge on any atom is 0.327 e. The molecule has 0 heterocycles. The van der Waals surface area contributed by atoms with Crippen LogP contribution in [0.2, 0.25) is 0 Å². The van der Waals surface area contributed by atoms with Gasteiger partial charge in [0.25, 0.3) is 0 Å². The van der Waals surface area contributed by atoms with E-state index in [1.165, 1.54) is 0 Å². The highest BCUT2D eigenvalue weighted by Crippen LogP contribution is 2.68. The van der Waals surface area contributed by atoms with Gasteiger partial charge < -0.3 is 25.7 Å². The number of hydrogen-bond donors (Lipinski definition) is 6. The Hall–Kier alpha value is -0.830. The highest BCUT2D eigenvalue weighted by atomic mass is 32.1. The molecule has 8 heteroatoms. The summed E-state index contributed by atoms with van der Waals surface area (Å²) in [6, 6.07) is -0.963. The molecular formula is C27H45NO6S. The number of rotatable bonds is 7. The van der Waals surface area contributed by atoms with Gasteiger partial charge in [0.15, 0.2) is 0 Å². The minimum atomic E-state index is -1.07. The molecule has 7 nitrogen and oxygen atoms in total. The van der Waals surface area contributed by atoms with Gasteiger partial charge in [-0.1, -0.05) is 20.8 Å². The van der Waals surface area contributed by atoms with E-state index in [4.69, 9.17) is 5.11 Å². The Bertz CT molecular complexity index is 811. The number of hydrogen-bond acceptors (Lipinski definition) is 6. The Morgan fingerprint density at radius 3 is 2.29 bits per heavy atom. The van der Waals surface area contributed by atoms with Gasteiger partial charge in [0, 0.05) is 12.2 Å². The molecule has 0 unspecified atom stereocenters. The molecule has 4 fully saturated rings. The van der Waals surface area contributed by atoms with Crippen molar-refractivity contribution in [1.29, 1.82) is 0 Å². The molecule has 35 heavy (non-hydrogen) atoms. The summed E-state index contributed by atoms with van der Waals surface area (Å²) in [6.45, 7) is 6.86. The van der Waals surface area contributed by atoms with Crippen LogP contribution >= 0.6 is 12.6 Å². The summed E-state index contributed by atoms with van der Waals surface area (Å²) in [5.41, 5.74) is 0.0170. The number of nitrogens with one attached hydrogen (secondary N) is 1. The first-order chi connectivity index (χ1) is 16.4. The predicted octanol–water partition coefficient (Wildman–Crippen LogP) is 2.86. The average molecular weight is 512 g/mol. The predicted molar refractivity (Wildman–Crippen MR) is 136 cm³/mol. The van der Waals surface area contributed by atoms with E-state index in [1.54, 1.807) is 0 Å². The molecule has 0 bridgehead atoms. The fourth-order valence-electron chi connectivity index (χ4n) is 9.23. The molecule has 0 saturated heterocycles. The third-order valence-corrected chi connectivity index (χ3v) is 11.5. The van der Waals surface area contributed by atoms with Crippen LogP contribution in [0.3, 0.4) is 0 Å². The van der Waals surface area contributed by atoms with Crippen molar-refractivity contribution >= 4 is 24.5 Å². The van der Waals surface area contributed by atoms with Gasteiger partial charge in [0.05, 0.1) is 18.3 Å². The maximum absolute atomic E-state index is 12.4. The molecule has 4 aliphatic carbocycles. The average Bonchev–Trinajstić information content (AvgIpc) is 3.17. The summed E-state index contributed by atoms with van der Waals surface area (Å²) in [5, 5.41) is 44.6. The Balaban J connectivity index is 1.45. The van der Waals surface area contributed by atoms with Gasteiger partial charge in [-0.2, -0.15) is 12.6 Å². The number of fused-ring (bicyclic) bond motifs is 5. The lowest BCUT2D eigenvalue weighted by atomic mass is 9.43. The van der Waals surface area contributed by atoms with Crippen LogP contribution in [-0.4, -0.2) is 62.4 Å². The van der Waals surface area contributed by atoms with Crippen molar-refractivity contribution in [2.45, 2.75) is 103 Å². The van der Waals surface area contributed by atoms with Gasteiger partial charge >= 0.3 is 5.97 Å². The number of amides is 1. The quantitative estimate of drug-likeness (QED) is 0.292. The van der Waals surface area contributed by atoms with Crippen molar-refractivity contribution in [3.63, 3.8) is 0 Å². The summed E-state index contributed by atoms with van der Waals surface area (Å²) in [7, 11) is 0. The first-order valence-corrected chi connectivity index (χ1v) is 14.2. The van der Waals surface area contributed by atoms with E-state index in [-0.39, 0.29) is 40.4 Å². The zero-order chi connectivity index (χ0) is 25.7. The Morgan fingerprint density at radius 1 is 0.971 bits per heavy atom. The van der Waals surface area contributed by atoms with Crippen molar-refractivity contribution < 1.29 is 30.0 Å². The molecule has 4 rings (SSSR count). The molecule has 5 N–H and O–H groups in total. The zero-order valence-electron chi connectivity index (χ0n) is 21.4. The summed E-state index contributed by atoms with van der Waals surface area (Å²) in [6.07, 6.45) is 5.57. The zero-order valence-corrected chi connectivity index (χ0v) is 22.3. The molecule has 1 amide bonds. The lowest BCUT2D eigenvalue weighted by Gasteiger charge is -2.63. The standard InChI is InChI=1S/C27H45NO6S/c1-14(4-7-21(30)28-20(13-35)25(33)34)16-5-6-17-22-18(9-11-26(16,17)2)27(3)10-8-15(29)12-19(27)23(31)24(22)32/h14-20,22-24,29,31-32,35H,4-13H2,1-3H3,(H,28,30)(H,33,34)/t14-,15-,16-,17+,18+,19+,20+,22+,23+,24+,26-,27-/m1/s1. The van der Waals surface area contributed by atoms with Crippen LogP contribution in [0.15, 0.2) is 0 Å². The van der Waals surface area contributed by atoms with E-state index in [1.807, 2.05) is 0 Å². The molecule has 200 valence electrons. The fourth-order valence-corrected chi connectivity index (χ4v) is 9.47. The highest BCUT2D eigenvalue weighted by molar-refractivity contribution is 7.80. The topological polar surface area (TPSA) is 127 Å². The summed E-state index contributed by atoms with van der Waals surface area (Å²) in [5.74, 6) is 0.236. The Labute approximate surface area is 214 Å². The van der Waals surface area contributed by atoms with E-state index < -0.39 is 24.2 Å². The second kappa shape index (κ2) is 10.1. The van der Waals surface area contributed by atoms with Crippen molar-refractivity contribution in [1.82, 2.24) is 5.32 Å². The van der Waals surface area contributed by atoms with Crippen LogP contribution < -0.4 is 5.32 Å². The van der Waals surface area contributed by atoms with E-state index in [2.05, 4.69) is 38.7 Å². The number of aliphatic carboxylic acids is 1. The van der Waals surface area contributed by atoms with Gasteiger partial charge in [-0.15, -0.1) is 0 Å². The summed E-state index contributed by atoms with van der Waals surface area (Å²) in [4.78, 5) is 23.6. The number of carboxylic acid groups (broad SMARTS) is 1. The minimum absolute atomic E-state index is 0.0423. The SMILES string of the molecule is C[C@H](CCC(=O)N[C@@H](CS)C(=O)O)[C@H]1CC[C@H]2[C@@H]3[C@H](O)[C@@H](O)[C@@H]4C[C@H](O)CC[C@]4(C)[C@H]3CC[C@]12C. The smallest absolute Gasteiger partial charge is 0.327 e. The van der Waals surface area contributed by atoms with Gasteiger partial charge in [-0.05, 0) is 97.7 Å². The molecule has 4 aliphatic rings. The van der Waals surface area contributed by atoms with Crippen LogP contribution in [0.1, 0.15) is 78.6 Å². The molecule has 0 aromatic carbocycles. The number of carbonyl (C=O) groups is 2. The van der Waals surface area contributed by atoms with Crippen LogP contribution in [-0.2, 0) is 9.59 Å². The lowest BCUT2D eigenvalue weighted by Crippen LogP contribution is -2.64. The van der Waals surface area contributed by atoms with Gasteiger partial charge in [-0.3, -0.25) is 4.79 Å². The van der Waals surface area contributed by atoms with Crippen molar-refractivity contribution in [2.75, 3.05) is 5.75 Å². The largest absolute Gasteiger partial charge is 0.480 e. The van der Waals surface area contributed by atoms with Crippen LogP contribution in [0.25, 0.3) is 0 Å². The van der Waals surface area contributed by atoms with Crippen LogP contribution in [0.4, 0.5) is 0 Å². The van der Waals surface area contributed by atoms with Gasteiger partial charge in [-0.25, -0.2) is 4.79 Å². The molecule has 0 spiro atoms. The van der Waals surface area contributed by atoms with Crippen LogP contribution in [0.5, 0.6) is 0 Å². The molecule has 12 atom stereocenters. The summed E-state index contributed by atoms with van der Waals surface area (Å²) < 4.78 is 0. The maximum atomic E-state index is 12.4. The van der Waals surface area contributed by atoms with Crippen LogP contribution in [0, 0.1) is 46.3 Å². The molecular weight excluding hydrogens is 466 g/mol. The van der Waals surface area contributed by atoms with Gasteiger partial charge in [0.1, 0.15) is 6.04 Å². The summed E-state index contributed by atoms with van der Waals surface area (Å²) >= 11 is 4.02. The molecule has 0 radical (unpaired) electrons. The fraction of sp³-hybridized carbons (Fsp3) is 0.926. The molecule has 0 aromatic heterocycles. The first-order valence-electron chi connectivity index (χ1n) is 13.6. The van der Waals surface area contributed by atoms with Crippen molar-refractivity contribution in [3.8, 4) is 0 Å². The molecule has 0 aromatic rings. The lowest BCUT2D eigenvalue weighted by molar-refractivity contribution is -0.223. The van der Waals surface area contributed by atoms with E-state index in [0.717, 1.165) is 38.5 Å². The van der Waals surface area contributed by atoms with Gasteiger partial charge in [0.2, 0.25) is 5.91 Å². The second-order valence-electron chi connectivity index (χ2n) is 12.7. The van der Waals surface area contributed by atoms with E-state index in [0.29, 0.717) is 42.9 Å². The number of thiol groups is 1. The number of carboxylic acids is 1. The number of carbonyl (C=O) groups excluding carboxylic acids is 1. The third-order valence-electron chi connectivity index (χ3n) is 11.1. The number of aliphatic hydroxyl groups is 3. The monoisotopic (exact) mass is 511 g/mol. The Morgan fingerprint density at radius 2 is 1.63 bits per heavy atom. The van der Waals surface area contributed by atoms with Crippen molar-refractivity contribution in [2.24, 2.45) is 46.3 Å². The van der Waals surface area contributed by atoms with Crippen molar-refractivity contribution in [3.05, 3.63) is 0 Å². The third kappa shape index (κ3) is 4.66. The van der Waals surface area contributed by atoms with E-state index >= 15 is 0 Å². The number of aliphatic hydroxyl groups excluding tert-OH is 3.